The third-order valence-corrected chi connectivity index (χ3v) is 5.17. The molecular weight excluding hydrogens is 320 g/mol. The topological polar surface area (TPSA) is 86.7 Å². The first kappa shape index (κ1) is 17.5. The van der Waals surface area contributed by atoms with E-state index >= 15 is 0 Å². The highest BCUT2D eigenvalue weighted by Crippen LogP contribution is 2.26. The monoisotopic (exact) mass is 344 g/mol. The van der Waals surface area contributed by atoms with Crippen molar-refractivity contribution >= 4 is 17.8 Å². The molecule has 0 aromatic heterocycles. The number of hydrogen-bond acceptors (Lipinski definition) is 3. The average molecular weight is 344 g/mol. The minimum Gasteiger partial charge on any atom is -0.478 e. The van der Waals surface area contributed by atoms with E-state index in [0.29, 0.717) is 12.5 Å². The number of carbonyl (C=O) groups is 3. The second-order valence-electron chi connectivity index (χ2n) is 6.88. The highest BCUT2D eigenvalue weighted by atomic mass is 16.4. The standard InChI is InChI=1S/C19H24N2O4/c22-17(13-6-4-7-14(12-13)19(24)25)20-16-10-5-11-21(18(16)23)15-8-2-1-3-9-15/h4,6-7,12,15-16H,1-3,5,8-11H2,(H,20,22)(H,24,25). The van der Waals surface area contributed by atoms with Gasteiger partial charge in [-0.2, -0.15) is 0 Å². The number of benzene rings is 1. The van der Waals surface area contributed by atoms with Crippen LogP contribution in [0.5, 0.6) is 0 Å². The van der Waals surface area contributed by atoms with E-state index in [1.807, 2.05) is 4.90 Å². The maximum atomic E-state index is 12.8. The SMILES string of the molecule is O=C(O)c1cccc(C(=O)NC2CCCN(C3CCCCC3)C2=O)c1. The summed E-state index contributed by atoms with van der Waals surface area (Å²) in [5, 5.41) is 11.8. The molecule has 1 saturated heterocycles. The zero-order valence-electron chi connectivity index (χ0n) is 14.2. The van der Waals surface area contributed by atoms with Gasteiger partial charge in [0.05, 0.1) is 5.56 Å². The Kier molecular flexibility index (Phi) is 5.36. The van der Waals surface area contributed by atoms with Gasteiger partial charge < -0.3 is 15.3 Å². The van der Waals surface area contributed by atoms with E-state index in [1.54, 1.807) is 6.07 Å². The number of carboxylic acids is 1. The molecule has 3 rings (SSSR count). The molecule has 1 aromatic carbocycles. The Morgan fingerprint density at radius 1 is 1.04 bits per heavy atom. The number of amides is 2. The van der Waals surface area contributed by atoms with Gasteiger partial charge in [-0.15, -0.1) is 0 Å². The number of rotatable bonds is 4. The summed E-state index contributed by atoms with van der Waals surface area (Å²) in [6.45, 7) is 0.768. The Morgan fingerprint density at radius 3 is 2.48 bits per heavy atom. The molecular formula is C19H24N2O4. The Labute approximate surface area is 147 Å². The molecule has 1 aromatic rings. The zero-order chi connectivity index (χ0) is 17.8. The van der Waals surface area contributed by atoms with Crippen LogP contribution in [0.4, 0.5) is 0 Å². The van der Waals surface area contributed by atoms with E-state index in [2.05, 4.69) is 5.32 Å². The fraction of sp³-hybridized carbons (Fsp3) is 0.526. The second kappa shape index (κ2) is 7.68. The largest absolute Gasteiger partial charge is 0.478 e. The molecule has 2 aliphatic rings. The van der Waals surface area contributed by atoms with E-state index < -0.39 is 17.9 Å². The summed E-state index contributed by atoms with van der Waals surface area (Å²) >= 11 is 0. The summed E-state index contributed by atoms with van der Waals surface area (Å²) < 4.78 is 0. The van der Waals surface area contributed by atoms with Crippen LogP contribution in [0.2, 0.25) is 0 Å². The van der Waals surface area contributed by atoms with Crippen LogP contribution >= 0.6 is 0 Å². The highest BCUT2D eigenvalue weighted by molar-refractivity contribution is 5.99. The number of nitrogens with zero attached hydrogens (tertiary/aromatic N) is 1. The van der Waals surface area contributed by atoms with Gasteiger partial charge >= 0.3 is 5.97 Å². The molecule has 2 amide bonds. The van der Waals surface area contributed by atoms with E-state index in [0.717, 1.165) is 38.6 Å². The normalized spacial score (nSPS) is 21.8. The van der Waals surface area contributed by atoms with Crippen LogP contribution in [0.25, 0.3) is 0 Å². The lowest BCUT2D eigenvalue weighted by Gasteiger charge is -2.39. The summed E-state index contributed by atoms with van der Waals surface area (Å²) in [6, 6.07) is 5.66. The lowest BCUT2D eigenvalue weighted by atomic mass is 9.91. The molecule has 1 aliphatic carbocycles. The van der Waals surface area contributed by atoms with Crippen LogP contribution in [0, 0.1) is 0 Å². The predicted molar refractivity (Wildman–Crippen MR) is 92.5 cm³/mol. The lowest BCUT2D eigenvalue weighted by molar-refractivity contribution is -0.139. The van der Waals surface area contributed by atoms with Gasteiger partial charge in [0.15, 0.2) is 0 Å². The number of hydrogen-bond donors (Lipinski definition) is 2. The third kappa shape index (κ3) is 4.00. The minimum atomic E-state index is -1.08. The van der Waals surface area contributed by atoms with E-state index in [-0.39, 0.29) is 17.0 Å². The van der Waals surface area contributed by atoms with Gasteiger partial charge in [-0.05, 0) is 43.9 Å². The fourth-order valence-corrected chi connectivity index (χ4v) is 3.82. The molecule has 1 unspecified atom stereocenters. The Balaban J connectivity index is 1.67. The van der Waals surface area contributed by atoms with E-state index in [1.165, 1.54) is 24.6 Å². The van der Waals surface area contributed by atoms with Gasteiger partial charge in [-0.1, -0.05) is 25.3 Å². The summed E-state index contributed by atoms with van der Waals surface area (Å²) in [4.78, 5) is 38.2. The fourth-order valence-electron chi connectivity index (χ4n) is 3.82. The molecule has 1 saturated carbocycles. The van der Waals surface area contributed by atoms with Gasteiger partial charge in [-0.3, -0.25) is 9.59 Å². The van der Waals surface area contributed by atoms with Crippen LogP contribution in [-0.2, 0) is 4.79 Å². The van der Waals surface area contributed by atoms with Gasteiger partial charge in [0.1, 0.15) is 6.04 Å². The summed E-state index contributed by atoms with van der Waals surface area (Å²) in [5.74, 6) is -1.47. The number of piperidine rings is 1. The zero-order valence-corrected chi connectivity index (χ0v) is 14.2. The van der Waals surface area contributed by atoms with Crippen LogP contribution in [0.3, 0.4) is 0 Å². The first-order valence-electron chi connectivity index (χ1n) is 9.01. The van der Waals surface area contributed by atoms with Crippen LogP contribution in [0.15, 0.2) is 24.3 Å². The van der Waals surface area contributed by atoms with Crippen molar-refractivity contribution in [1.82, 2.24) is 10.2 Å². The van der Waals surface area contributed by atoms with Crippen molar-refractivity contribution in [2.24, 2.45) is 0 Å². The van der Waals surface area contributed by atoms with Gasteiger partial charge in [0, 0.05) is 18.2 Å². The number of aromatic carboxylic acids is 1. The Morgan fingerprint density at radius 2 is 1.76 bits per heavy atom. The van der Waals surface area contributed by atoms with Crippen molar-refractivity contribution < 1.29 is 19.5 Å². The Hall–Kier alpha value is -2.37. The summed E-state index contributed by atoms with van der Waals surface area (Å²) in [5.41, 5.74) is 0.328. The van der Waals surface area contributed by atoms with Crippen molar-refractivity contribution in [3.63, 3.8) is 0 Å². The number of carboxylic acid groups (broad SMARTS) is 1. The van der Waals surface area contributed by atoms with Crippen molar-refractivity contribution in [3.8, 4) is 0 Å². The van der Waals surface area contributed by atoms with Gasteiger partial charge in [-0.25, -0.2) is 4.79 Å². The lowest BCUT2D eigenvalue weighted by Crippen LogP contribution is -2.55. The molecule has 134 valence electrons. The van der Waals surface area contributed by atoms with Gasteiger partial charge in [0.2, 0.25) is 5.91 Å². The van der Waals surface area contributed by atoms with Crippen molar-refractivity contribution in [2.45, 2.75) is 57.0 Å². The predicted octanol–water partition coefficient (Wildman–Crippen LogP) is 2.44. The second-order valence-corrected chi connectivity index (χ2v) is 6.88. The quantitative estimate of drug-likeness (QED) is 0.878. The van der Waals surface area contributed by atoms with Crippen LogP contribution < -0.4 is 5.32 Å². The first-order valence-corrected chi connectivity index (χ1v) is 9.01. The Bertz CT molecular complexity index is 667. The molecule has 0 bridgehead atoms. The number of carbonyl (C=O) groups excluding carboxylic acids is 2. The maximum Gasteiger partial charge on any atom is 0.335 e. The molecule has 1 heterocycles. The summed E-state index contributed by atoms with van der Waals surface area (Å²) in [6.07, 6.45) is 7.16. The first-order chi connectivity index (χ1) is 12.1. The molecule has 0 spiro atoms. The molecule has 1 atom stereocenters. The average Bonchev–Trinajstić information content (AvgIpc) is 2.64. The molecule has 2 N–H and O–H groups in total. The molecule has 6 heteroatoms. The van der Waals surface area contributed by atoms with Crippen LogP contribution in [0.1, 0.15) is 65.7 Å². The van der Waals surface area contributed by atoms with Crippen molar-refractivity contribution in [3.05, 3.63) is 35.4 Å². The van der Waals surface area contributed by atoms with Gasteiger partial charge in [0.25, 0.3) is 5.91 Å². The number of nitrogens with one attached hydrogen (secondary N) is 1. The highest BCUT2D eigenvalue weighted by Gasteiger charge is 2.34. The van der Waals surface area contributed by atoms with E-state index in [4.69, 9.17) is 5.11 Å². The summed E-state index contributed by atoms with van der Waals surface area (Å²) in [7, 11) is 0. The number of likely N-dealkylation sites (tertiary alicyclic amines) is 1. The minimum absolute atomic E-state index is 0.000823. The third-order valence-electron chi connectivity index (χ3n) is 5.17. The molecule has 1 aliphatic heterocycles. The molecule has 0 radical (unpaired) electrons. The van der Waals surface area contributed by atoms with E-state index in [9.17, 15) is 14.4 Å². The molecule has 6 nitrogen and oxygen atoms in total. The maximum absolute atomic E-state index is 12.8. The van der Waals surface area contributed by atoms with Crippen LogP contribution in [-0.4, -0.2) is 46.4 Å². The smallest absolute Gasteiger partial charge is 0.335 e. The van der Waals surface area contributed by atoms with Crippen molar-refractivity contribution in [1.29, 1.82) is 0 Å². The van der Waals surface area contributed by atoms with Crippen molar-refractivity contribution in [2.75, 3.05) is 6.54 Å². The molecule has 2 fully saturated rings. The molecule has 25 heavy (non-hydrogen) atoms.